The molecule has 0 unspecified atom stereocenters. The maximum Gasteiger partial charge on any atom is 0.235 e. The smallest absolute Gasteiger partial charge is 0.235 e. The van der Waals surface area contributed by atoms with Crippen LogP contribution in [0.3, 0.4) is 0 Å². The van der Waals surface area contributed by atoms with Crippen LogP contribution >= 0.6 is 11.8 Å². The van der Waals surface area contributed by atoms with Crippen molar-refractivity contribution in [3.05, 3.63) is 35.7 Å². The Kier molecular flexibility index (Phi) is 5.14. The minimum absolute atomic E-state index is 0.0144. The number of hydrogen-bond acceptors (Lipinski definition) is 4. The van der Waals surface area contributed by atoms with Crippen molar-refractivity contribution >= 4 is 17.7 Å². The maximum atomic E-state index is 12.5. The summed E-state index contributed by atoms with van der Waals surface area (Å²) in [6.45, 7) is 5.43. The van der Waals surface area contributed by atoms with Gasteiger partial charge in [-0.3, -0.25) is 4.79 Å². The van der Waals surface area contributed by atoms with E-state index in [1.165, 1.54) is 0 Å². The summed E-state index contributed by atoms with van der Waals surface area (Å²) in [5, 5.41) is 0.0144. The molecule has 0 saturated carbocycles. The zero-order valence-electron chi connectivity index (χ0n) is 14.3. The molecular weight excluding hydrogens is 322 g/mol. The van der Waals surface area contributed by atoms with E-state index in [-0.39, 0.29) is 11.2 Å². The summed E-state index contributed by atoms with van der Waals surface area (Å²) in [6, 6.07) is 7.84. The first-order valence-electron chi connectivity index (χ1n) is 8.25. The molecule has 0 saturated heterocycles. The number of H-pyrrole nitrogens is 1. The van der Waals surface area contributed by atoms with Crippen LogP contribution in [0.4, 0.5) is 0 Å². The monoisotopic (exact) mass is 345 g/mol. The summed E-state index contributed by atoms with van der Waals surface area (Å²) in [5.74, 6) is 2.85. The van der Waals surface area contributed by atoms with Gasteiger partial charge < -0.3 is 14.6 Å². The Bertz CT molecular complexity index is 712. The van der Waals surface area contributed by atoms with E-state index in [1.54, 1.807) is 18.9 Å². The highest BCUT2D eigenvalue weighted by Gasteiger charge is 2.26. The fourth-order valence-electron chi connectivity index (χ4n) is 2.95. The van der Waals surface area contributed by atoms with Gasteiger partial charge in [0.25, 0.3) is 0 Å². The Balaban J connectivity index is 1.75. The molecule has 0 aliphatic carbocycles. The summed E-state index contributed by atoms with van der Waals surface area (Å²) in [6.07, 6.45) is 0.803. The number of nitrogens with one attached hydrogen (secondary N) is 1. The number of benzene rings is 1. The molecule has 5 nitrogen and oxygen atoms in total. The number of nitrogens with zero attached hydrogens (tertiary/aromatic N) is 2. The first-order chi connectivity index (χ1) is 11.6. The molecule has 1 aromatic carbocycles. The molecule has 0 fully saturated rings. The highest BCUT2D eigenvalue weighted by Crippen LogP contribution is 2.25. The first-order valence-corrected chi connectivity index (χ1v) is 9.29. The summed E-state index contributed by atoms with van der Waals surface area (Å²) in [7, 11) is 1.66. The van der Waals surface area contributed by atoms with Crippen LogP contribution in [0.2, 0.25) is 0 Å². The zero-order chi connectivity index (χ0) is 17.1. The van der Waals surface area contributed by atoms with Crippen LogP contribution in [0.15, 0.2) is 24.3 Å². The summed E-state index contributed by atoms with van der Waals surface area (Å²) in [5.41, 5.74) is 3.15. The summed E-state index contributed by atoms with van der Waals surface area (Å²) < 4.78 is 5.19. The van der Waals surface area contributed by atoms with E-state index in [2.05, 4.69) is 11.9 Å². The number of methoxy groups -OCH3 is 1. The molecule has 3 rings (SSSR count). The lowest BCUT2D eigenvalue weighted by Gasteiger charge is -2.28. The van der Waals surface area contributed by atoms with Gasteiger partial charge in [0.15, 0.2) is 0 Å². The van der Waals surface area contributed by atoms with Crippen molar-refractivity contribution < 1.29 is 9.53 Å². The number of aromatic amines is 1. The van der Waals surface area contributed by atoms with E-state index in [0.717, 1.165) is 47.2 Å². The van der Waals surface area contributed by atoms with Gasteiger partial charge in [0.2, 0.25) is 5.91 Å². The van der Waals surface area contributed by atoms with Crippen LogP contribution < -0.4 is 4.74 Å². The molecule has 2 aromatic rings. The number of ether oxygens (including phenoxy) is 1. The van der Waals surface area contributed by atoms with Gasteiger partial charge in [-0.05, 0) is 36.9 Å². The lowest BCUT2D eigenvalue weighted by Crippen LogP contribution is -2.40. The van der Waals surface area contributed by atoms with Crippen molar-refractivity contribution in [2.45, 2.75) is 32.1 Å². The maximum absolute atomic E-state index is 12.5. The normalized spacial score (nSPS) is 15.0. The fourth-order valence-corrected chi connectivity index (χ4v) is 3.74. The number of fused-ring (bicyclic) bond motifs is 1. The third-order valence-electron chi connectivity index (χ3n) is 4.27. The van der Waals surface area contributed by atoms with Crippen molar-refractivity contribution in [2.24, 2.45) is 0 Å². The predicted octanol–water partition coefficient (Wildman–Crippen LogP) is 3.11. The van der Waals surface area contributed by atoms with Gasteiger partial charge in [-0.1, -0.05) is 6.92 Å². The number of rotatable bonds is 5. The van der Waals surface area contributed by atoms with E-state index in [1.807, 2.05) is 36.1 Å². The third-order valence-corrected chi connectivity index (χ3v) is 5.31. The second-order valence-corrected chi connectivity index (χ2v) is 7.46. The van der Waals surface area contributed by atoms with Crippen molar-refractivity contribution in [3.63, 3.8) is 0 Å². The Labute approximate surface area is 146 Å². The molecule has 1 aliphatic heterocycles. The van der Waals surface area contributed by atoms with Crippen molar-refractivity contribution in [1.82, 2.24) is 14.9 Å². The molecule has 1 aromatic heterocycles. The highest BCUT2D eigenvalue weighted by molar-refractivity contribution is 8.00. The molecule has 0 radical (unpaired) electrons. The van der Waals surface area contributed by atoms with E-state index in [9.17, 15) is 4.79 Å². The van der Waals surface area contributed by atoms with Crippen LogP contribution in [-0.4, -0.2) is 45.4 Å². The molecular formula is C18H23N3O2S. The SMILES string of the molecule is CCS[C@H](C)C(=O)N1CCc2nc(-c3ccc(OC)cc3)[nH]c2C1. The fraction of sp³-hybridized carbons (Fsp3) is 0.444. The van der Waals surface area contributed by atoms with Crippen LogP contribution in [0.5, 0.6) is 5.75 Å². The lowest BCUT2D eigenvalue weighted by molar-refractivity contribution is -0.131. The molecule has 0 spiro atoms. The van der Waals surface area contributed by atoms with Gasteiger partial charge in [0, 0.05) is 18.5 Å². The van der Waals surface area contributed by atoms with Gasteiger partial charge in [0.05, 0.1) is 30.3 Å². The lowest BCUT2D eigenvalue weighted by atomic mass is 10.1. The number of aromatic nitrogens is 2. The van der Waals surface area contributed by atoms with Gasteiger partial charge >= 0.3 is 0 Å². The average Bonchev–Trinajstić information content (AvgIpc) is 3.04. The predicted molar refractivity (Wildman–Crippen MR) is 97.3 cm³/mol. The van der Waals surface area contributed by atoms with Crippen LogP contribution in [0.1, 0.15) is 25.2 Å². The van der Waals surface area contributed by atoms with E-state index >= 15 is 0 Å². The van der Waals surface area contributed by atoms with E-state index in [4.69, 9.17) is 9.72 Å². The molecule has 1 atom stereocenters. The molecule has 1 amide bonds. The van der Waals surface area contributed by atoms with Gasteiger partial charge in [-0.15, -0.1) is 11.8 Å². The Morgan fingerprint density at radius 2 is 2.17 bits per heavy atom. The molecule has 128 valence electrons. The largest absolute Gasteiger partial charge is 0.497 e. The number of thioether (sulfide) groups is 1. The highest BCUT2D eigenvalue weighted by atomic mass is 32.2. The quantitative estimate of drug-likeness (QED) is 0.905. The Hall–Kier alpha value is -1.95. The average molecular weight is 345 g/mol. The van der Waals surface area contributed by atoms with Crippen molar-refractivity contribution in [1.29, 1.82) is 0 Å². The zero-order valence-corrected chi connectivity index (χ0v) is 15.2. The number of amides is 1. The molecule has 2 heterocycles. The van der Waals surface area contributed by atoms with Crippen LogP contribution in [0, 0.1) is 0 Å². The van der Waals surface area contributed by atoms with E-state index < -0.39 is 0 Å². The molecule has 1 aliphatic rings. The second-order valence-electron chi connectivity index (χ2n) is 5.85. The first kappa shape index (κ1) is 16.9. The minimum Gasteiger partial charge on any atom is -0.497 e. The molecule has 0 bridgehead atoms. The second kappa shape index (κ2) is 7.30. The minimum atomic E-state index is 0.0144. The van der Waals surface area contributed by atoms with Gasteiger partial charge in [-0.25, -0.2) is 4.98 Å². The third kappa shape index (κ3) is 3.43. The number of hydrogen-bond donors (Lipinski definition) is 1. The topological polar surface area (TPSA) is 58.2 Å². The Morgan fingerprint density at radius 1 is 1.42 bits per heavy atom. The Morgan fingerprint density at radius 3 is 2.83 bits per heavy atom. The van der Waals surface area contributed by atoms with Crippen molar-refractivity contribution in [2.75, 3.05) is 19.4 Å². The van der Waals surface area contributed by atoms with Crippen LogP contribution in [-0.2, 0) is 17.8 Å². The molecule has 24 heavy (non-hydrogen) atoms. The number of carbonyl (C=O) groups is 1. The summed E-state index contributed by atoms with van der Waals surface area (Å²) >= 11 is 1.69. The standard InChI is InChI=1S/C18H23N3O2S/c1-4-24-12(2)18(22)21-10-9-15-16(11-21)20-17(19-15)13-5-7-14(23-3)8-6-13/h5-8,12H,4,9-11H2,1-3H3,(H,19,20)/t12-/m1/s1. The van der Waals surface area contributed by atoms with Gasteiger partial charge in [-0.2, -0.15) is 0 Å². The number of carbonyl (C=O) groups excluding carboxylic acids is 1. The summed E-state index contributed by atoms with van der Waals surface area (Å²) in [4.78, 5) is 22.5. The molecule has 6 heteroatoms. The van der Waals surface area contributed by atoms with E-state index in [0.29, 0.717) is 6.54 Å². The van der Waals surface area contributed by atoms with Crippen molar-refractivity contribution in [3.8, 4) is 17.1 Å². The number of imidazole rings is 1. The van der Waals surface area contributed by atoms with Crippen LogP contribution in [0.25, 0.3) is 11.4 Å². The molecule has 1 N–H and O–H groups in total. The van der Waals surface area contributed by atoms with Gasteiger partial charge in [0.1, 0.15) is 11.6 Å².